The van der Waals surface area contributed by atoms with Crippen molar-refractivity contribution in [3.05, 3.63) is 268 Å². The molecule has 102 heavy (non-hydrogen) atoms. The van der Waals surface area contributed by atoms with E-state index in [1.807, 2.05) is 48.5 Å². The first-order valence-electron chi connectivity index (χ1n) is 27.4. The van der Waals surface area contributed by atoms with E-state index in [2.05, 4.69) is 137 Å². The van der Waals surface area contributed by atoms with Crippen molar-refractivity contribution >= 4 is 149 Å². The Hall–Kier alpha value is -8.55. The summed E-state index contributed by atoms with van der Waals surface area (Å²) >= 11 is 0. The fraction of sp³-hybridized carbons (Fsp3) is 0. The van der Waals surface area contributed by atoms with Crippen molar-refractivity contribution in [2.45, 2.75) is 19.6 Å². The summed E-state index contributed by atoms with van der Waals surface area (Å²) in [5.74, 6) is 0. The van der Waals surface area contributed by atoms with E-state index < -0.39 is 60.1 Å². The summed E-state index contributed by atoms with van der Waals surface area (Å²) in [7, 11) is -18.5. The van der Waals surface area contributed by atoms with Crippen LogP contribution in [0.1, 0.15) is 0 Å². The van der Waals surface area contributed by atoms with Gasteiger partial charge >= 0.3 is 77.2 Å². The van der Waals surface area contributed by atoms with Crippen molar-refractivity contribution in [2.24, 2.45) is 0 Å². The largest absolute Gasteiger partial charge is 3.00 e. The van der Waals surface area contributed by atoms with Gasteiger partial charge in [-0.1, -0.05) is 121 Å². The molecule has 0 radical (unpaired) electrons. The fourth-order valence-electron chi connectivity index (χ4n) is 9.75. The molecule has 532 valence electrons. The smallest absolute Gasteiger partial charge is 0.870 e. The quantitative estimate of drug-likeness (QED) is 0.0978. The van der Waals surface area contributed by atoms with Crippen LogP contribution >= 0.6 is 0 Å². The van der Waals surface area contributed by atoms with Crippen molar-refractivity contribution in [3.8, 4) is 0 Å². The van der Waals surface area contributed by atoms with Crippen molar-refractivity contribution in [1.29, 1.82) is 0 Å². The molecule has 0 aliphatic rings. The van der Waals surface area contributed by atoms with Gasteiger partial charge < -0.3 is 62.0 Å². The molecule has 0 amide bonds. The van der Waals surface area contributed by atoms with E-state index in [-0.39, 0.29) is 132 Å². The van der Waals surface area contributed by atoms with Crippen molar-refractivity contribution < 1.29 is 173 Å². The monoisotopic (exact) mass is 1750 g/mol. The first-order valence-corrected chi connectivity index (χ1v) is 33.0. The molecule has 8 aromatic carbocycles. The van der Waals surface area contributed by atoms with E-state index in [1.165, 1.54) is 24.3 Å². The van der Waals surface area contributed by atoms with Gasteiger partial charge in [0.2, 0.25) is 0 Å². The van der Waals surface area contributed by atoms with Crippen LogP contribution in [0.4, 0.5) is 0 Å². The predicted molar refractivity (Wildman–Crippen MR) is 376 cm³/mol. The van der Waals surface area contributed by atoms with Crippen molar-refractivity contribution in [1.82, 2.24) is 39.9 Å². The molecule has 0 aliphatic carbocycles. The maximum absolute atomic E-state index is 10.8. The second kappa shape index (κ2) is 39.8. The molecule has 16 aromatic rings. The summed E-state index contributed by atoms with van der Waals surface area (Å²) in [5.41, 5.74) is 7.82. The number of aromatic nitrogens is 8. The van der Waals surface area contributed by atoms with Gasteiger partial charge in [0.25, 0.3) is 0 Å². The van der Waals surface area contributed by atoms with Gasteiger partial charge in [-0.25, -0.2) is 33.7 Å². The average Bonchev–Trinajstić information content (AvgIpc) is 0.840. The zero-order chi connectivity index (χ0) is 64.6. The molecule has 0 bridgehead atoms. The molecule has 0 saturated heterocycles. The van der Waals surface area contributed by atoms with Gasteiger partial charge in [-0.15, -0.1) is 0 Å². The van der Waals surface area contributed by atoms with Crippen molar-refractivity contribution in [2.75, 3.05) is 0 Å². The maximum Gasteiger partial charge on any atom is 3.00 e. The fourth-order valence-corrected chi connectivity index (χ4v) is 11.8. The van der Waals surface area contributed by atoms with Gasteiger partial charge in [0.1, 0.15) is 40.5 Å². The Balaban J connectivity index is 0.000000602. The Labute approximate surface area is 643 Å². The number of benzene rings is 8. The molecule has 28 nitrogen and oxygen atoms in total. The second-order valence-electron chi connectivity index (χ2n) is 20.0. The van der Waals surface area contributed by atoms with Crippen LogP contribution in [-0.2, 0) is 51.4 Å². The summed E-state index contributed by atoms with van der Waals surface area (Å²) in [5, 5.41) is 10.5. The van der Waals surface area contributed by atoms with Crippen LogP contribution in [0.5, 0.6) is 0 Å². The zero-order valence-electron chi connectivity index (χ0n) is 52.2. The van der Waals surface area contributed by atoms with E-state index in [9.17, 15) is 51.9 Å². The van der Waals surface area contributed by atoms with Crippen LogP contribution in [-0.4, -0.2) is 125 Å². The Bertz CT molecular complexity index is 5050. The van der Waals surface area contributed by atoms with Gasteiger partial charge in [0.05, 0.1) is 63.7 Å². The van der Waals surface area contributed by atoms with E-state index in [0.717, 1.165) is 136 Å². The van der Waals surface area contributed by atoms with E-state index in [4.69, 9.17) is 0 Å². The number of rotatable bonds is 4. The Morgan fingerprint density at radius 1 is 0.206 bits per heavy atom. The van der Waals surface area contributed by atoms with Crippen LogP contribution < -0.4 is 0 Å². The van der Waals surface area contributed by atoms with Crippen LogP contribution in [0.25, 0.3) is 109 Å². The third-order valence-corrected chi connectivity index (χ3v) is 17.4. The van der Waals surface area contributed by atoms with Crippen LogP contribution in [0.3, 0.4) is 0 Å². The molecule has 0 spiro atoms. The number of hydrogen-bond donors (Lipinski definition) is 0. The maximum atomic E-state index is 10.8. The van der Waals surface area contributed by atoms with Crippen molar-refractivity contribution in [3.63, 3.8) is 0 Å². The Morgan fingerprint density at radius 2 is 0.333 bits per heavy atom. The molecular formula is C68H60N8O20S4Tb2+2. The summed E-state index contributed by atoms with van der Waals surface area (Å²) in [4.78, 5) is 32.9. The molecular weight excluding hydrogens is 1690 g/mol. The number of hydrogen-bond acceptors (Lipinski definition) is 22. The van der Waals surface area contributed by atoms with E-state index in [1.54, 1.807) is 49.6 Å². The van der Waals surface area contributed by atoms with Crippen LogP contribution in [0.2, 0.25) is 0 Å². The zero-order valence-corrected chi connectivity index (χ0v) is 59.8. The molecule has 0 atom stereocenters. The van der Waals surface area contributed by atoms with Gasteiger partial charge in [-0.3, -0.25) is 39.9 Å². The molecule has 8 aromatic heterocycles. The molecule has 0 fully saturated rings. The van der Waals surface area contributed by atoms with Gasteiger partial charge in [-0.2, -0.15) is 0 Å². The SMILES string of the molecule is O.O.O.O.O=S(=O)([O-])c1ccc2ccc(S(=O)(=O)[O-])cc2c1.O=S(=O)([O-])c1ccc2ccc(S(=O)(=O)[O-])cc2c1.[OH-].[OH-].[OH3+].[OH3+].[Tb+3].[Tb+3].c1cnc2c(c1)ccc1cccnc12.c1cnc2c(c1)ccc1cccnc12.c1cnc2c(c1)ccc1cccnc12.c1cnc2c(c1)ccc1cccnc12. The molecule has 8 heterocycles. The third kappa shape index (κ3) is 22.2. The molecule has 0 saturated carbocycles. The predicted octanol–water partition coefficient (Wildman–Crippen LogP) is 6.93. The third-order valence-electron chi connectivity index (χ3n) is 14.1. The van der Waals surface area contributed by atoms with E-state index in [0.29, 0.717) is 10.8 Å². The minimum atomic E-state index is -4.62. The van der Waals surface area contributed by atoms with E-state index >= 15 is 0 Å². The second-order valence-corrected chi connectivity index (χ2v) is 25.5. The minimum absolute atomic E-state index is 0. The summed E-state index contributed by atoms with van der Waals surface area (Å²) in [6.45, 7) is 0. The molecule has 16 N–H and O–H groups in total. The van der Waals surface area contributed by atoms with Crippen LogP contribution in [0, 0.1) is 77.2 Å². The number of nitrogens with zero attached hydrogens (tertiary/aromatic N) is 8. The first-order chi connectivity index (χ1) is 44.2. The molecule has 16 rings (SSSR count). The standard InChI is InChI=1S/4C12H8N2.2C10H8O6S2.8H2O.2Tb/c4*1-3-9-5-6-10-4-2-8-14-12(10)11(9)13-7-1;2*11-17(12,13)9-3-1-7-2-4-10(18(14,15)16)6-8(7)5-9;;;;;;;;;;/h4*1-8H;2*1-6H,(H,11,12,13)(H,14,15,16);8*1H2;;/q;;;;;;;;;;;;;;2*+3/p-4. The Morgan fingerprint density at radius 3 is 0.461 bits per heavy atom. The Kier molecular flexibility index (Phi) is 35.7. The number of fused-ring (bicyclic) bond motifs is 14. The van der Waals surface area contributed by atoms with Gasteiger partial charge in [0.15, 0.2) is 0 Å². The normalized spacial score (nSPS) is 10.5. The summed E-state index contributed by atoms with van der Waals surface area (Å²) in [6, 6.07) is 62.6. The van der Waals surface area contributed by atoms with Gasteiger partial charge in [-0.05, 0) is 119 Å². The molecule has 0 unspecified atom stereocenters. The first kappa shape index (κ1) is 91.5. The minimum Gasteiger partial charge on any atom is -0.870 e. The molecule has 0 aliphatic heterocycles. The number of pyridine rings is 8. The topological polar surface area (TPSA) is 584 Å². The van der Waals surface area contributed by atoms with Gasteiger partial charge in [0, 0.05) is 92.7 Å². The summed E-state index contributed by atoms with van der Waals surface area (Å²) in [6.07, 6.45) is 14.4. The molecule has 34 heteroatoms. The average molecular weight is 1760 g/mol. The summed E-state index contributed by atoms with van der Waals surface area (Å²) < 4.78 is 130. The van der Waals surface area contributed by atoms with Crippen LogP contribution in [0.15, 0.2) is 288 Å².